The zero-order valence-corrected chi connectivity index (χ0v) is 11.5. The molecule has 1 aromatic carbocycles. The van der Waals surface area contributed by atoms with E-state index >= 15 is 0 Å². The molecular formula is C15H20N2O2. The molecule has 0 radical (unpaired) electrons. The number of ketones is 1. The molecule has 19 heavy (non-hydrogen) atoms. The Hall–Kier alpha value is -1.84. The Morgan fingerprint density at radius 3 is 2.26 bits per heavy atom. The summed E-state index contributed by atoms with van der Waals surface area (Å²) in [6.07, 6.45) is 4.59. The second kappa shape index (κ2) is 5.87. The van der Waals surface area contributed by atoms with E-state index in [-0.39, 0.29) is 11.8 Å². The van der Waals surface area contributed by atoms with Crippen LogP contribution in [0.2, 0.25) is 0 Å². The van der Waals surface area contributed by atoms with Gasteiger partial charge in [0.25, 0.3) is 0 Å². The fraction of sp³-hybridized carbons (Fsp3) is 0.467. The van der Waals surface area contributed by atoms with E-state index in [0.717, 1.165) is 18.5 Å². The molecule has 4 nitrogen and oxygen atoms in total. The molecule has 1 aliphatic carbocycles. The molecule has 0 unspecified atom stereocenters. The van der Waals surface area contributed by atoms with Crippen LogP contribution in [0.3, 0.4) is 0 Å². The Bertz CT molecular complexity index is 462. The summed E-state index contributed by atoms with van der Waals surface area (Å²) in [6, 6.07) is 7.26. The Morgan fingerprint density at radius 2 is 1.74 bits per heavy atom. The van der Waals surface area contributed by atoms with Gasteiger partial charge in [-0.25, -0.2) is 4.79 Å². The Kier molecular flexibility index (Phi) is 4.20. The summed E-state index contributed by atoms with van der Waals surface area (Å²) in [6.45, 7) is 1.53. The minimum absolute atomic E-state index is 0.0287. The van der Waals surface area contributed by atoms with Crippen molar-refractivity contribution >= 4 is 17.5 Å². The third-order valence-corrected chi connectivity index (χ3v) is 3.74. The lowest BCUT2D eigenvalue weighted by Gasteiger charge is -2.24. The molecule has 0 saturated heterocycles. The van der Waals surface area contributed by atoms with Crippen molar-refractivity contribution in [3.05, 3.63) is 29.8 Å². The molecule has 2 rings (SSSR count). The standard InChI is InChI=1S/C15H20N2O2/c1-11(18)12-7-9-13(10-8-12)16-15(19)17(2)14-5-3-4-6-14/h7-10,14H,3-6H2,1-2H3,(H,16,19). The highest BCUT2D eigenvalue weighted by atomic mass is 16.2. The van der Waals surface area contributed by atoms with Crippen LogP contribution in [0.25, 0.3) is 0 Å². The van der Waals surface area contributed by atoms with E-state index in [4.69, 9.17) is 0 Å². The van der Waals surface area contributed by atoms with Crippen molar-refractivity contribution in [1.29, 1.82) is 0 Å². The van der Waals surface area contributed by atoms with Crippen molar-refractivity contribution in [2.24, 2.45) is 0 Å². The number of carbonyl (C=O) groups excluding carboxylic acids is 2. The first kappa shape index (κ1) is 13.6. The van der Waals surface area contributed by atoms with Crippen LogP contribution in [0.5, 0.6) is 0 Å². The molecular weight excluding hydrogens is 240 g/mol. The Balaban J connectivity index is 1.96. The smallest absolute Gasteiger partial charge is 0.321 e. The molecule has 4 heteroatoms. The van der Waals surface area contributed by atoms with Crippen molar-refractivity contribution in [3.8, 4) is 0 Å². The number of rotatable bonds is 3. The van der Waals surface area contributed by atoms with Crippen LogP contribution in [0.4, 0.5) is 10.5 Å². The highest BCUT2D eigenvalue weighted by molar-refractivity contribution is 5.95. The lowest BCUT2D eigenvalue weighted by molar-refractivity contribution is 0.101. The average Bonchev–Trinajstić information content (AvgIpc) is 2.92. The van der Waals surface area contributed by atoms with Gasteiger partial charge in [0.05, 0.1) is 0 Å². The summed E-state index contributed by atoms with van der Waals surface area (Å²) in [5, 5.41) is 2.86. The molecule has 1 N–H and O–H groups in total. The van der Waals surface area contributed by atoms with E-state index < -0.39 is 0 Å². The average molecular weight is 260 g/mol. The maximum absolute atomic E-state index is 12.1. The minimum Gasteiger partial charge on any atom is -0.325 e. The van der Waals surface area contributed by atoms with Gasteiger partial charge < -0.3 is 10.2 Å². The van der Waals surface area contributed by atoms with Crippen molar-refractivity contribution in [3.63, 3.8) is 0 Å². The van der Waals surface area contributed by atoms with Crippen molar-refractivity contribution in [1.82, 2.24) is 4.90 Å². The van der Waals surface area contributed by atoms with Crippen molar-refractivity contribution in [2.75, 3.05) is 12.4 Å². The largest absolute Gasteiger partial charge is 0.325 e. The number of Topliss-reactive ketones (excluding diaryl/α,β-unsaturated/α-hetero) is 1. The third-order valence-electron chi connectivity index (χ3n) is 3.74. The summed E-state index contributed by atoms with van der Waals surface area (Å²) in [5.41, 5.74) is 1.38. The highest BCUT2D eigenvalue weighted by Gasteiger charge is 2.23. The van der Waals surface area contributed by atoms with E-state index in [0.29, 0.717) is 11.6 Å². The van der Waals surface area contributed by atoms with Gasteiger partial charge in [-0.05, 0) is 44.0 Å². The van der Waals surface area contributed by atoms with Gasteiger partial charge in [-0.2, -0.15) is 0 Å². The zero-order valence-electron chi connectivity index (χ0n) is 11.5. The normalized spacial score (nSPS) is 15.3. The van der Waals surface area contributed by atoms with Gasteiger partial charge >= 0.3 is 6.03 Å². The molecule has 1 fully saturated rings. The molecule has 0 aliphatic heterocycles. The number of amides is 2. The number of anilines is 1. The topological polar surface area (TPSA) is 49.4 Å². The first-order chi connectivity index (χ1) is 9.08. The molecule has 2 amide bonds. The van der Waals surface area contributed by atoms with Gasteiger partial charge in [-0.1, -0.05) is 12.8 Å². The zero-order chi connectivity index (χ0) is 13.8. The number of benzene rings is 1. The van der Waals surface area contributed by atoms with Gasteiger partial charge in [0.2, 0.25) is 0 Å². The highest BCUT2D eigenvalue weighted by Crippen LogP contribution is 2.23. The van der Waals surface area contributed by atoms with Crippen molar-refractivity contribution < 1.29 is 9.59 Å². The summed E-state index contributed by atoms with van der Waals surface area (Å²) in [5.74, 6) is 0.0287. The number of nitrogens with one attached hydrogen (secondary N) is 1. The number of nitrogens with zero attached hydrogens (tertiary/aromatic N) is 1. The van der Waals surface area contributed by atoms with Crippen LogP contribution < -0.4 is 5.32 Å². The van der Waals surface area contributed by atoms with Crippen LogP contribution >= 0.6 is 0 Å². The first-order valence-electron chi connectivity index (χ1n) is 6.73. The monoisotopic (exact) mass is 260 g/mol. The molecule has 1 saturated carbocycles. The van der Waals surface area contributed by atoms with E-state index in [2.05, 4.69) is 5.32 Å². The fourth-order valence-electron chi connectivity index (χ4n) is 2.46. The van der Waals surface area contributed by atoms with Gasteiger partial charge in [0.1, 0.15) is 0 Å². The van der Waals surface area contributed by atoms with E-state index in [1.54, 1.807) is 29.2 Å². The van der Waals surface area contributed by atoms with Crippen LogP contribution in [0.1, 0.15) is 43.0 Å². The molecule has 0 atom stereocenters. The van der Waals surface area contributed by atoms with Gasteiger partial charge in [-0.15, -0.1) is 0 Å². The SMILES string of the molecule is CC(=O)c1ccc(NC(=O)N(C)C2CCCC2)cc1. The first-order valence-corrected chi connectivity index (χ1v) is 6.73. The Labute approximate surface area is 113 Å². The van der Waals surface area contributed by atoms with Crippen LogP contribution in [0.15, 0.2) is 24.3 Å². The number of urea groups is 1. The Morgan fingerprint density at radius 1 is 1.16 bits per heavy atom. The number of hydrogen-bond acceptors (Lipinski definition) is 2. The van der Waals surface area contributed by atoms with Crippen LogP contribution in [-0.4, -0.2) is 29.8 Å². The van der Waals surface area contributed by atoms with Gasteiger partial charge in [0.15, 0.2) is 5.78 Å². The molecule has 102 valence electrons. The molecule has 0 aromatic heterocycles. The van der Waals surface area contributed by atoms with Gasteiger partial charge in [0, 0.05) is 24.3 Å². The molecule has 0 spiro atoms. The predicted molar refractivity (Wildman–Crippen MR) is 75.5 cm³/mol. The second-order valence-electron chi connectivity index (χ2n) is 5.11. The quantitative estimate of drug-likeness (QED) is 0.848. The number of carbonyl (C=O) groups is 2. The van der Waals surface area contributed by atoms with E-state index in [1.807, 2.05) is 7.05 Å². The maximum atomic E-state index is 12.1. The van der Waals surface area contributed by atoms with Crippen LogP contribution in [-0.2, 0) is 0 Å². The lowest BCUT2D eigenvalue weighted by Crippen LogP contribution is -2.38. The summed E-state index contributed by atoms with van der Waals surface area (Å²) < 4.78 is 0. The molecule has 1 aromatic rings. The molecule has 0 heterocycles. The summed E-state index contributed by atoms with van der Waals surface area (Å²) >= 11 is 0. The fourth-order valence-corrected chi connectivity index (χ4v) is 2.46. The van der Waals surface area contributed by atoms with E-state index in [9.17, 15) is 9.59 Å². The molecule has 0 bridgehead atoms. The van der Waals surface area contributed by atoms with Crippen LogP contribution in [0, 0.1) is 0 Å². The number of hydrogen-bond donors (Lipinski definition) is 1. The lowest BCUT2D eigenvalue weighted by atomic mass is 10.1. The van der Waals surface area contributed by atoms with E-state index in [1.165, 1.54) is 19.8 Å². The summed E-state index contributed by atoms with van der Waals surface area (Å²) in [4.78, 5) is 25.0. The molecule has 1 aliphatic rings. The summed E-state index contributed by atoms with van der Waals surface area (Å²) in [7, 11) is 1.84. The maximum Gasteiger partial charge on any atom is 0.321 e. The van der Waals surface area contributed by atoms with Crippen molar-refractivity contribution in [2.45, 2.75) is 38.6 Å². The predicted octanol–water partition coefficient (Wildman–Crippen LogP) is 3.30. The minimum atomic E-state index is -0.0810. The second-order valence-corrected chi connectivity index (χ2v) is 5.11. The van der Waals surface area contributed by atoms with Gasteiger partial charge in [-0.3, -0.25) is 4.79 Å². The third kappa shape index (κ3) is 3.34.